The Morgan fingerprint density at radius 3 is 2.52 bits per heavy atom. The van der Waals surface area contributed by atoms with Gasteiger partial charge in [0.2, 0.25) is 5.91 Å². The molecule has 1 aliphatic heterocycles. The van der Waals surface area contributed by atoms with E-state index < -0.39 is 5.91 Å². The van der Waals surface area contributed by atoms with Crippen LogP contribution < -0.4 is 10.6 Å². The number of hydrogen-bond acceptors (Lipinski definition) is 3. The lowest BCUT2D eigenvalue weighted by atomic mass is 9.99. The summed E-state index contributed by atoms with van der Waals surface area (Å²) in [5.74, 6) is -0.495. The van der Waals surface area contributed by atoms with Gasteiger partial charge < -0.3 is 15.4 Å². The molecule has 0 aliphatic carbocycles. The number of carbonyl (C=O) groups excluding carboxylic acids is 2. The third kappa shape index (κ3) is 4.20. The van der Waals surface area contributed by atoms with Gasteiger partial charge in [-0.3, -0.25) is 9.59 Å². The quantitative estimate of drug-likeness (QED) is 0.729. The van der Waals surface area contributed by atoms with Gasteiger partial charge in [0, 0.05) is 23.4 Å². The number of hydrogen-bond donors (Lipinski definition) is 1. The number of nitrogens with two attached hydrogens (primary N) is 1. The van der Waals surface area contributed by atoms with Crippen LogP contribution in [0.3, 0.4) is 0 Å². The Kier molecular flexibility index (Phi) is 5.40. The molecular weight excluding hydrogens is 364 g/mol. The first-order chi connectivity index (χ1) is 14.1. The lowest BCUT2D eigenvalue weighted by Crippen LogP contribution is -2.34. The minimum Gasteiger partial charge on any atom is -0.367 e. The molecule has 146 valence electrons. The van der Waals surface area contributed by atoms with Crippen LogP contribution in [0.15, 0.2) is 72.8 Å². The second kappa shape index (κ2) is 8.29. The maximum Gasteiger partial charge on any atom is 0.253 e. The van der Waals surface area contributed by atoms with Crippen LogP contribution in [0.2, 0.25) is 0 Å². The number of nitrogens with zero attached hydrogens (tertiary/aromatic N) is 1. The number of anilines is 1. The third-order valence-corrected chi connectivity index (χ3v) is 5.10. The molecule has 2 amide bonds. The number of amides is 2. The van der Waals surface area contributed by atoms with Crippen molar-refractivity contribution in [2.75, 3.05) is 18.1 Å². The minimum absolute atomic E-state index is 0.0387. The van der Waals surface area contributed by atoms with Gasteiger partial charge in [0.25, 0.3) is 5.91 Å². The highest BCUT2D eigenvalue weighted by Gasteiger charge is 2.23. The van der Waals surface area contributed by atoms with Crippen molar-refractivity contribution in [2.24, 2.45) is 5.73 Å². The number of benzene rings is 3. The molecule has 0 spiro atoms. The van der Waals surface area contributed by atoms with Gasteiger partial charge in [-0.25, -0.2) is 0 Å². The first-order valence-electron chi connectivity index (χ1n) is 9.57. The van der Waals surface area contributed by atoms with Crippen molar-refractivity contribution in [1.29, 1.82) is 0 Å². The molecule has 0 fully saturated rings. The topological polar surface area (TPSA) is 72.6 Å². The van der Waals surface area contributed by atoms with E-state index in [9.17, 15) is 9.59 Å². The van der Waals surface area contributed by atoms with E-state index in [1.807, 2.05) is 48.5 Å². The zero-order valence-electron chi connectivity index (χ0n) is 16.0. The summed E-state index contributed by atoms with van der Waals surface area (Å²) in [4.78, 5) is 25.9. The average Bonchev–Trinajstić information content (AvgIpc) is 2.90. The van der Waals surface area contributed by atoms with E-state index in [-0.39, 0.29) is 12.5 Å². The fourth-order valence-electron chi connectivity index (χ4n) is 3.59. The summed E-state index contributed by atoms with van der Waals surface area (Å²) in [5.41, 5.74) is 10.7. The summed E-state index contributed by atoms with van der Waals surface area (Å²) in [7, 11) is 0. The Balaban J connectivity index is 1.64. The summed E-state index contributed by atoms with van der Waals surface area (Å²) in [6.07, 6.45) is 0.772. The monoisotopic (exact) mass is 386 g/mol. The van der Waals surface area contributed by atoms with Gasteiger partial charge in [0.15, 0.2) is 0 Å². The van der Waals surface area contributed by atoms with Crippen molar-refractivity contribution in [3.05, 3.63) is 89.5 Å². The second-order valence-electron chi connectivity index (χ2n) is 7.06. The lowest BCUT2D eigenvalue weighted by molar-refractivity contribution is -0.123. The zero-order valence-corrected chi connectivity index (χ0v) is 16.0. The average molecular weight is 386 g/mol. The molecule has 5 heteroatoms. The van der Waals surface area contributed by atoms with Crippen molar-refractivity contribution in [1.82, 2.24) is 0 Å². The molecule has 0 aromatic heterocycles. The standard InChI is InChI=1S/C24H22N2O3/c25-24(28)20-8-4-7-18(13-20)19-9-10-22-21(14-19)15-29-16-23(27)26(22)12-11-17-5-2-1-3-6-17/h1-10,13-14H,11-12,15-16H2,(H2,25,28). The predicted molar refractivity (Wildman–Crippen MR) is 113 cm³/mol. The van der Waals surface area contributed by atoms with Crippen molar-refractivity contribution >= 4 is 17.5 Å². The van der Waals surface area contributed by atoms with E-state index in [0.717, 1.165) is 28.8 Å². The van der Waals surface area contributed by atoms with Crippen LogP contribution in [0.25, 0.3) is 11.1 Å². The minimum atomic E-state index is -0.456. The van der Waals surface area contributed by atoms with Gasteiger partial charge in [0.05, 0.1) is 6.61 Å². The number of ether oxygens (including phenoxy) is 1. The summed E-state index contributed by atoms with van der Waals surface area (Å²) in [5, 5.41) is 0. The van der Waals surface area contributed by atoms with Crippen LogP contribution in [0.1, 0.15) is 21.5 Å². The smallest absolute Gasteiger partial charge is 0.253 e. The molecular formula is C24H22N2O3. The molecule has 0 saturated heterocycles. The summed E-state index contributed by atoms with van der Waals surface area (Å²) in [6.45, 7) is 1.03. The van der Waals surface area contributed by atoms with Gasteiger partial charge in [-0.15, -0.1) is 0 Å². The molecule has 1 aliphatic rings. The summed E-state index contributed by atoms with van der Waals surface area (Å²) < 4.78 is 5.60. The Bertz CT molecular complexity index is 1050. The molecule has 29 heavy (non-hydrogen) atoms. The highest BCUT2D eigenvalue weighted by atomic mass is 16.5. The Labute approximate surface area is 169 Å². The Morgan fingerprint density at radius 1 is 0.931 bits per heavy atom. The fourth-order valence-corrected chi connectivity index (χ4v) is 3.59. The van der Waals surface area contributed by atoms with Gasteiger partial charge in [-0.2, -0.15) is 0 Å². The fraction of sp³-hybridized carbons (Fsp3) is 0.167. The summed E-state index contributed by atoms with van der Waals surface area (Å²) >= 11 is 0. The molecule has 4 rings (SSSR count). The van der Waals surface area contributed by atoms with E-state index in [4.69, 9.17) is 10.5 Å². The molecule has 0 unspecified atom stereocenters. The molecule has 5 nitrogen and oxygen atoms in total. The first kappa shape index (κ1) is 18.9. The molecule has 0 radical (unpaired) electrons. The maximum atomic E-state index is 12.6. The van der Waals surface area contributed by atoms with Crippen molar-refractivity contribution < 1.29 is 14.3 Å². The van der Waals surface area contributed by atoms with E-state index in [1.54, 1.807) is 17.0 Å². The van der Waals surface area contributed by atoms with Crippen molar-refractivity contribution in [3.63, 3.8) is 0 Å². The van der Waals surface area contributed by atoms with Gasteiger partial charge in [-0.05, 0) is 47.4 Å². The number of fused-ring (bicyclic) bond motifs is 1. The second-order valence-corrected chi connectivity index (χ2v) is 7.06. The van der Waals surface area contributed by atoms with Crippen LogP contribution >= 0.6 is 0 Å². The molecule has 0 saturated carbocycles. The Hall–Kier alpha value is -3.44. The predicted octanol–water partition coefficient (Wildman–Crippen LogP) is 3.56. The number of carbonyl (C=O) groups is 2. The van der Waals surface area contributed by atoms with Crippen LogP contribution in [0, 0.1) is 0 Å². The number of rotatable bonds is 5. The molecule has 1 heterocycles. The van der Waals surface area contributed by atoms with Crippen LogP contribution in [-0.4, -0.2) is 25.0 Å². The Morgan fingerprint density at radius 2 is 1.72 bits per heavy atom. The summed E-state index contributed by atoms with van der Waals surface area (Å²) in [6, 6.07) is 23.3. The van der Waals surface area contributed by atoms with E-state index in [1.165, 1.54) is 5.56 Å². The highest BCUT2D eigenvalue weighted by molar-refractivity contribution is 5.96. The van der Waals surface area contributed by atoms with E-state index in [2.05, 4.69) is 12.1 Å². The SMILES string of the molecule is NC(=O)c1cccc(-c2ccc3c(c2)COCC(=O)N3CCc2ccccc2)c1. The lowest BCUT2D eigenvalue weighted by Gasteiger charge is -2.23. The highest BCUT2D eigenvalue weighted by Crippen LogP contribution is 2.30. The van der Waals surface area contributed by atoms with Gasteiger partial charge >= 0.3 is 0 Å². The van der Waals surface area contributed by atoms with Crippen molar-refractivity contribution in [2.45, 2.75) is 13.0 Å². The zero-order chi connectivity index (χ0) is 20.2. The van der Waals surface area contributed by atoms with E-state index >= 15 is 0 Å². The normalized spacial score (nSPS) is 13.7. The molecule has 2 N–H and O–H groups in total. The van der Waals surface area contributed by atoms with Crippen LogP contribution in [-0.2, 0) is 22.6 Å². The molecule has 3 aromatic rings. The van der Waals surface area contributed by atoms with Crippen molar-refractivity contribution in [3.8, 4) is 11.1 Å². The molecule has 3 aromatic carbocycles. The molecule has 0 atom stereocenters. The first-order valence-corrected chi connectivity index (χ1v) is 9.57. The van der Waals surface area contributed by atoms with Gasteiger partial charge in [0.1, 0.15) is 6.61 Å². The third-order valence-electron chi connectivity index (χ3n) is 5.10. The maximum absolute atomic E-state index is 12.6. The van der Waals surface area contributed by atoms with Gasteiger partial charge in [-0.1, -0.05) is 48.5 Å². The van der Waals surface area contributed by atoms with E-state index in [0.29, 0.717) is 18.7 Å². The molecule has 0 bridgehead atoms. The van der Waals surface area contributed by atoms with Crippen LogP contribution in [0.5, 0.6) is 0 Å². The largest absolute Gasteiger partial charge is 0.367 e. The number of primary amides is 1. The van der Waals surface area contributed by atoms with Crippen LogP contribution in [0.4, 0.5) is 5.69 Å².